The first-order valence-electron chi connectivity index (χ1n) is 3.25. The molecular weight excluding hydrogens is 116 g/mol. The van der Waals surface area contributed by atoms with Gasteiger partial charge in [0.2, 0.25) is 0 Å². The van der Waals surface area contributed by atoms with E-state index in [9.17, 15) is 0 Å². The van der Waals surface area contributed by atoms with E-state index in [1.807, 2.05) is 0 Å². The highest BCUT2D eigenvalue weighted by atomic mass is 16.5. The van der Waals surface area contributed by atoms with Crippen LogP contribution in [0.2, 0.25) is 0 Å². The number of unbranched alkanes of at least 4 members (excludes halogenated alkanes) is 2. The fourth-order valence-corrected chi connectivity index (χ4v) is 0.557. The molecule has 0 spiro atoms. The van der Waals surface area contributed by atoms with Gasteiger partial charge in [-0.3, -0.25) is 0 Å². The maximum absolute atomic E-state index is 8.36. The third kappa shape index (κ3) is 7.50. The lowest BCUT2D eigenvalue weighted by molar-refractivity contribution is 0.231. The largest absolute Gasteiger partial charge is 0.502 e. The second-order valence-electron chi connectivity index (χ2n) is 1.82. The molecule has 0 rings (SSSR count). The quantitative estimate of drug-likeness (QED) is 0.434. The van der Waals surface area contributed by atoms with Crippen molar-refractivity contribution in [3.05, 3.63) is 12.8 Å². The minimum Gasteiger partial charge on any atom is -0.502 e. The smallest absolute Gasteiger partial charge is 0.0873 e. The van der Waals surface area contributed by atoms with Gasteiger partial charge in [0.25, 0.3) is 0 Å². The third-order valence-electron chi connectivity index (χ3n) is 1.04. The lowest BCUT2D eigenvalue weighted by Gasteiger charge is -1.97. The van der Waals surface area contributed by atoms with Gasteiger partial charge < -0.3 is 9.84 Å². The summed E-state index contributed by atoms with van der Waals surface area (Å²) in [6.07, 6.45) is 4.36. The first-order chi connectivity index (χ1) is 4.41. The Morgan fingerprint density at radius 3 is 2.67 bits per heavy atom. The Morgan fingerprint density at radius 1 is 1.33 bits per heavy atom. The summed E-state index contributed by atoms with van der Waals surface area (Å²) in [5.74, 6) is 0. The SMILES string of the molecule is C=COCCCCCO. The summed E-state index contributed by atoms with van der Waals surface area (Å²) in [4.78, 5) is 0. The Kier molecular flexibility index (Phi) is 7.08. The molecule has 0 aliphatic carbocycles. The Morgan fingerprint density at radius 2 is 2.11 bits per heavy atom. The van der Waals surface area contributed by atoms with E-state index in [4.69, 9.17) is 9.84 Å². The number of rotatable bonds is 6. The van der Waals surface area contributed by atoms with Gasteiger partial charge in [-0.1, -0.05) is 6.58 Å². The molecule has 0 unspecified atom stereocenters. The van der Waals surface area contributed by atoms with Crippen molar-refractivity contribution >= 4 is 0 Å². The van der Waals surface area contributed by atoms with Crippen LogP contribution in [0.1, 0.15) is 19.3 Å². The molecule has 0 heterocycles. The molecule has 0 saturated carbocycles. The highest BCUT2D eigenvalue weighted by molar-refractivity contribution is 4.48. The van der Waals surface area contributed by atoms with E-state index in [-0.39, 0.29) is 6.61 Å². The van der Waals surface area contributed by atoms with Gasteiger partial charge in [0.1, 0.15) is 0 Å². The van der Waals surface area contributed by atoms with Crippen molar-refractivity contribution in [1.82, 2.24) is 0 Å². The molecule has 0 atom stereocenters. The summed E-state index contributed by atoms with van der Waals surface area (Å²) < 4.78 is 4.86. The standard InChI is InChI=1S/C7H14O2/c1-2-9-7-5-3-4-6-8/h2,8H,1,3-7H2. The highest BCUT2D eigenvalue weighted by Crippen LogP contribution is 1.93. The summed E-state index contributed by atoms with van der Waals surface area (Å²) in [5, 5.41) is 8.36. The molecule has 0 aromatic heterocycles. The summed E-state index contributed by atoms with van der Waals surface area (Å²) in [7, 11) is 0. The molecule has 0 saturated heterocycles. The molecule has 0 aromatic carbocycles. The van der Waals surface area contributed by atoms with Crippen molar-refractivity contribution in [1.29, 1.82) is 0 Å². The van der Waals surface area contributed by atoms with Crippen LogP contribution in [-0.4, -0.2) is 18.3 Å². The van der Waals surface area contributed by atoms with Crippen LogP contribution in [0.5, 0.6) is 0 Å². The molecule has 1 N–H and O–H groups in total. The van der Waals surface area contributed by atoms with Crippen LogP contribution >= 0.6 is 0 Å². The lowest BCUT2D eigenvalue weighted by Crippen LogP contribution is -1.88. The predicted molar refractivity (Wildman–Crippen MR) is 37.1 cm³/mol. The number of aliphatic hydroxyl groups excluding tert-OH is 1. The van der Waals surface area contributed by atoms with Crippen LogP contribution in [0.25, 0.3) is 0 Å². The fraction of sp³-hybridized carbons (Fsp3) is 0.714. The topological polar surface area (TPSA) is 29.5 Å². The molecule has 0 aromatic rings. The van der Waals surface area contributed by atoms with Gasteiger partial charge in [0.15, 0.2) is 0 Å². The van der Waals surface area contributed by atoms with E-state index in [2.05, 4.69) is 6.58 Å². The molecule has 9 heavy (non-hydrogen) atoms. The average molecular weight is 130 g/mol. The molecule has 0 fully saturated rings. The Hall–Kier alpha value is -0.500. The van der Waals surface area contributed by atoms with Crippen LogP contribution in [0.4, 0.5) is 0 Å². The second kappa shape index (κ2) is 7.50. The zero-order valence-corrected chi connectivity index (χ0v) is 5.68. The van der Waals surface area contributed by atoms with Gasteiger partial charge in [-0.15, -0.1) is 0 Å². The molecule has 0 radical (unpaired) electrons. The summed E-state index contributed by atoms with van der Waals surface area (Å²) in [6.45, 7) is 4.42. The van der Waals surface area contributed by atoms with Crippen LogP contribution in [0.15, 0.2) is 12.8 Å². The zero-order chi connectivity index (χ0) is 6.95. The maximum Gasteiger partial charge on any atom is 0.0873 e. The zero-order valence-electron chi connectivity index (χ0n) is 5.68. The number of hydrogen-bond acceptors (Lipinski definition) is 2. The average Bonchev–Trinajstić information content (AvgIpc) is 1.89. The summed E-state index contributed by atoms with van der Waals surface area (Å²) in [5.41, 5.74) is 0. The van der Waals surface area contributed by atoms with E-state index in [1.165, 1.54) is 6.26 Å². The molecule has 2 nitrogen and oxygen atoms in total. The molecule has 0 amide bonds. The van der Waals surface area contributed by atoms with Crippen LogP contribution in [0.3, 0.4) is 0 Å². The first kappa shape index (κ1) is 8.50. The van der Waals surface area contributed by atoms with Crippen molar-refractivity contribution in [2.24, 2.45) is 0 Å². The lowest BCUT2D eigenvalue weighted by atomic mass is 10.2. The van der Waals surface area contributed by atoms with Crippen molar-refractivity contribution in [3.8, 4) is 0 Å². The van der Waals surface area contributed by atoms with E-state index in [0.717, 1.165) is 25.9 Å². The molecule has 2 heteroatoms. The molecule has 54 valence electrons. The van der Waals surface area contributed by atoms with Crippen molar-refractivity contribution in [3.63, 3.8) is 0 Å². The number of aliphatic hydroxyl groups is 1. The van der Waals surface area contributed by atoms with Crippen molar-refractivity contribution < 1.29 is 9.84 Å². The van der Waals surface area contributed by atoms with Gasteiger partial charge in [-0.25, -0.2) is 0 Å². The number of ether oxygens (including phenoxy) is 1. The third-order valence-corrected chi connectivity index (χ3v) is 1.04. The summed E-state index contributed by atoms with van der Waals surface area (Å²) in [6, 6.07) is 0. The van der Waals surface area contributed by atoms with Gasteiger partial charge in [0.05, 0.1) is 12.9 Å². The predicted octanol–water partition coefficient (Wildman–Crippen LogP) is 1.31. The first-order valence-corrected chi connectivity index (χ1v) is 3.25. The van der Waals surface area contributed by atoms with E-state index >= 15 is 0 Å². The highest BCUT2D eigenvalue weighted by Gasteiger charge is 1.85. The Labute approximate surface area is 56.1 Å². The monoisotopic (exact) mass is 130 g/mol. The molecule has 0 aliphatic heterocycles. The molecule has 0 aliphatic rings. The van der Waals surface area contributed by atoms with E-state index < -0.39 is 0 Å². The van der Waals surface area contributed by atoms with Crippen molar-refractivity contribution in [2.75, 3.05) is 13.2 Å². The minimum absolute atomic E-state index is 0.286. The van der Waals surface area contributed by atoms with Crippen molar-refractivity contribution in [2.45, 2.75) is 19.3 Å². The van der Waals surface area contributed by atoms with Gasteiger partial charge in [-0.05, 0) is 19.3 Å². The maximum atomic E-state index is 8.36. The van der Waals surface area contributed by atoms with Crippen LogP contribution < -0.4 is 0 Å². The molecular formula is C7H14O2. The van der Waals surface area contributed by atoms with Crippen LogP contribution in [-0.2, 0) is 4.74 Å². The second-order valence-corrected chi connectivity index (χ2v) is 1.82. The summed E-state index contributed by atoms with van der Waals surface area (Å²) >= 11 is 0. The normalized spacial score (nSPS) is 9.00. The van der Waals surface area contributed by atoms with Gasteiger partial charge in [-0.2, -0.15) is 0 Å². The van der Waals surface area contributed by atoms with Gasteiger partial charge >= 0.3 is 0 Å². The Bertz CT molecular complexity index is 61.9. The van der Waals surface area contributed by atoms with Crippen LogP contribution in [0, 0.1) is 0 Å². The minimum atomic E-state index is 0.286. The molecule has 0 bridgehead atoms. The van der Waals surface area contributed by atoms with E-state index in [0.29, 0.717) is 0 Å². The Balaban J connectivity index is 2.66. The van der Waals surface area contributed by atoms with Gasteiger partial charge in [0, 0.05) is 6.61 Å². The van der Waals surface area contributed by atoms with E-state index in [1.54, 1.807) is 0 Å². The number of hydrogen-bond donors (Lipinski definition) is 1. The fourth-order valence-electron chi connectivity index (χ4n) is 0.557.